The van der Waals surface area contributed by atoms with Crippen LogP contribution in [-0.4, -0.2) is 29.3 Å². The first-order valence-corrected chi connectivity index (χ1v) is 9.87. The Bertz CT molecular complexity index is 1400. The van der Waals surface area contributed by atoms with Gasteiger partial charge in [0.05, 0.1) is 18.1 Å². The van der Waals surface area contributed by atoms with Gasteiger partial charge >= 0.3 is 0 Å². The third-order valence-electron chi connectivity index (χ3n) is 4.76. The zero-order chi connectivity index (χ0) is 22.8. The predicted molar refractivity (Wildman–Crippen MR) is 114 cm³/mol. The highest BCUT2D eigenvalue weighted by Crippen LogP contribution is 2.29. The number of benzene rings is 1. The number of hydrogen-bond acceptors (Lipinski definition) is 7. The molecule has 0 amide bonds. The van der Waals surface area contributed by atoms with Gasteiger partial charge in [-0.05, 0) is 36.8 Å². The van der Waals surface area contributed by atoms with Crippen molar-refractivity contribution in [3.05, 3.63) is 90.5 Å². The van der Waals surface area contributed by atoms with Crippen LogP contribution in [0.15, 0.2) is 67.6 Å². The minimum Gasteiger partial charge on any atom is -0.473 e. The van der Waals surface area contributed by atoms with Crippen molar-refractivity contribution in [3.8, 4) is 28.6 Å². The molecule has 8 nitrogen and oxygen atoms in total. The lowest BCUT2D eigenvalue weighted by Gasteiger charge is -2.11. The molecule has 0 saturated carbocycles. The molecule has 10 heteroatoms. The summed E-state index contributed by atoms with van der Waals surface area (Å²) in [6, 6.07) is 7.22. The second kappa shape index (κ2) is 8.58. The van der Waals surface area contributed by atoms with Crippen molar-refractivity contribution in [1.82, 2.24) is 29.3 Å². The zero-order valence-electron chi connectivity index (χ0n) is 17.3. The van der Waals surface area contributed by atoms with Gasteiger partial charge in [-0.25, -0.2) is 23.7 Å². The Balaban J connectivity index is 1.31. The van der Waals surface area contributed by atoms with Crippen molar-refractivity contribution < 1.29 is 18.3 Å². The normalized spacial score (nSPS) is 11.0. The van der Waals surface area contributed by atoms with Crippen molar-refractivity contribution in [2.45, 2.75) is 13.5 Å². The number of aryl methyl sites for hydroxylation is 1. The van der Waals surface area contributed by atoms with E-state index in [0.717, 1.165) is 29.1 Å². The van der Waals surface area contributed by atoms with Crippen molar-refractivity contribution in [2.24, 2.45) is 0 Å². The number of pyridine rings is 1. The van der Waals surface area contributed by atoms with Crippen LogP contribution in [0.25, 0.3) is 17.0 Å². The maximum absolute atomic E-state index is 14.5. The molecule has 0 N–H and O–H groups in total. The van der Waals surface area contributed by atoms with E-state index in [9.17, 15) is 8.78 Å². The van der Waals surface area contributed by atoms with Crippen molar-refractivity contribution in [3.63, 3.8) is 0 Å². The summed E-state index contributed by atoms with van der Waals surface area (Å²) in [5, 5.41) is 0. The first kappa shape index (κ1) is 20.4. The highest BCUT2D eigenvalue weighted by Gasteiger charge is 2.15. The molecule has 5 aromatic rings. The van der Waals surface area contributed by atoms with E-state index >= 15 is 0 Å². The minimum absolute atomic E-state index is 0.0938. The fourth-order valence-corrected chi connectivity index (χ4v) is 3.16. The largest absolute Gasteiger partial charge is 0.473 e. The molecule has 0 atom stereocenters. The van der Waals surface area contributed by atoms with E-state index in [1.54, 1.807) is 54.3 Å². The molecule has 0 bridgehead atoms. The summed E-state index contributed by atoms with van der Waals surface area (Å²) >= 11 is 0. The lowest BCUT2D eigenvalue weighted by atomic mass is 10.2. The smallest absolute Gasteiger partial charge is 0.237 e. The van der Waals surface area contributed by atoms with Crippen LogP contribution in [-0.2, 0) is 6.61 Å². The predicted octanol–water partition coefficient (Wildman–Crippen LogP) is 4.54. The van der Waals surface area contributed by atoms with E-state index in [-0.39, 0.29) is 23.8 Å². The average molecular weight is 446 g/mol. The van der Waals surface area contributed by atoms with Gasteiger partial charge in [-0.3, -0.25) is 9.38 Å². The number of hydrogen-bond donors (Lipinski definition) is 0. The average Bonchev–Trinajstić information content (AvgIpc) is 3.25. The van der Waals surface area contributed by atoms with Crippen molar-refractivity contribution in [1.29, 1.82) is 0 Å². The summed E-state index contributed by atoms with van der Waals surface area (Å²) in [5.74, 6) is -1.30. The lowest BCUT2D eigenvalue weighted by Crippen LogP contribution is -2.02. The van der Waals surface area contributed by atoms with Crippen LogP contribution < -0.4 is 9.47 Å². The second-order valence-electron chi connectivity index (χ2n) is 7.12. The summed E-state index contributed by atoms with van der Waals surface area (Å²) in [5.41, 5.74) is 2.61. The molecule has 0 saturated heterocycles. The number of imidazole rings is 1. The monoisotopic (exact) mass is 446 g/mol. The van der Waals surface area contributed by atoms with E-state index in [1.807, 2.05) is 0 Å². The molecule has 4 aromatic heterocycles. The van der Waals surface area contributed by atoms with Gasteiger partial charge in [0.2, 0.25) is 11.7 Å². The van der Waals surface area contributed by atoms with Crippen LogP contribution in [0, 0.1) is 18.6 Å². The minimum atomic E-state index is -0.847. The molecule has 164 valence electrons. The van der Waals surface area contributed by atoms with Gasteiger partial charge in [-0.2, -0.15) is 4.98 Å². The summed E-state index contributed by atoms with van der Waals surface area (Å²) in [6.45, 7) is 1.71. The Morgan fingerprint density at radius 3 is 2.45 bits per heavy atom. The van der Waals surface area contributed by atoms with Crippen LogP contribution in [0.1, 0.15) is 11.3 Å². The molecule has 0 fully saturated rings. The van der Waals surface area contributed by atoms with E-state index in [2.05, 4.69) is 24.9 Å². The lowest BCUT2D eigenvalue weighted by molar-refractivity contribution is 0.292. The summed E-state index contributed by atoms with van der Waals surface area (Å²) in [6.07, 6.45) is 9.58. The molecule has 0 aliphatic rings. The number of aromatic nitrogens is 6. The van der Waals surface area contributed by atoms with E-state index in [4.69, 9.17) is 9.47 Å². The SMILES string of the molecule is Cc1ccc(Oc2c(F)cc(COc3ccn4c(-c5cncnc5)cnc4n3)cc2F)cn1. The van der Waals surface area contributed by atoms with Crippen molar-refractivity contribution in [2.75, 3.05) is 0 Å². The number of ether oxygens (including phenoxy) is 2. The molecular formula is C23H16F2N6O2. The number of nitrogens with zero attached hydrogens (tertiary/aromatic N) is 6. The van der Waals surface area contributed by atoms with Crippen molar-refractivity contribution >= 4 is 5.78 Å². The fraction of sp³-hybridized carbons (Fsp3) is 0.0870. The third-order valence-corrected chi connectivity index (χ3v) is 4.76. The first-order valence-electron chi connectivity index (χ1n) is 9.87. The topological polar surface area (TPSA) is 87.3 Å². The Hall–Kier alpha value is -4.47. The van der Waals surface area contributed by atoms with Gasteiger partial charge in [-0.15, -0.1) is 0 Å². The highest BCUT2D eigenvalue weighted by atomic mass is 19.1. The maximum Gasteiger partial charge on any atom is 0.237 e. The van der Waals surface area contributed by atoms with Gasteiger partial charge < -0.3 is 9.47 Å². The van der Waals surface area contributed by atoms with E-state index < -0.39 is 17.4 Å². The quantitative estimate of drug-likeness (QED) is 0.378. The van der Waals surface area contributed by atoms with Gasteiger partial charge in [-0.1, -0.05) is 0 Å². The van der Waals surface area contributed by atoms with Gasteiger partial charge in [0.1, 0.15) is 18.7 Å². The summed E-state index contributed by atoms with van der Waals surface area (Å²) in [7, 11) is 0. The fourth-order valence-electron chi connectivity index (χ4n) is 3.16. The molecule has 0 unspecified atom stereocenters. The molecule has 4 heterocycles. The number of halogens is 2. The van der Waals surface area contributed by atoms with Gasteiger partial charge in [0.15, 0.2) is 17.4 Å². The van der Waals surface area contributed by atoms with Gasteiger partial charge in [0.25, 0.3) is 0 Å². The van der Waals surface area contributed by atoms with E-state index in [1.165, 1.54) is 12.5 Å². The summed E-state index contributed by atoms with van der Waals surface area (Å²) in [4.78, 5) is 20.7. The van der Waals surface area contributed by atoms with Crippen LogP contribution >= 0.6 is 0 Å². The third kappa shape index (κ3) is 4.31. The Kier molecular flexibility index (Phi) is 5.31. The standard InChI is InChI=1S/C23H16F2N6O2/c1-14-2-3-17(10-28-14)33-22-18(24)6-15(7-19(22)25)12-32-21-4-5-31-20(11-29-23(31)30-21)16-8-26-13-27-9-16/h2-11,13H,12H2,1H3. The maximum atomic E-state index is 14.5. The van der Waals surface area contributed by atoms with Crippen LogP contribution in [0.2, 0.25) is 0 Å². The highest BCUT2D eigenvalue weighted by molar-refractivity contribution is 5.60. The number of fused-ring (bicyclic) bond motifs is 1. The molecule has 33 heavy (non-hydrogen) atoms. The Morgan fingerprint density at radius 2 is 1.73 bits per heavy atom. The molecule has 0 spiro atoms. The molecule has 0 aliphatic carbocycles. The van der Waals surface area contributed by atoms with Gasteiger partial charge in [0, 0.05) is 35.9 Å². The number of rotatable bonds is 6. The molecule has 1 aromatic carbocycles. The van der Waals surface area contributed by atoms with Crippen LogP contribution in [0.3, 0.4) is 0 Å². The summed E-state index contributed by atoms with van der Waals surface area (Å²) < 4.78 is 41.7. The van der Waals surface area contributed by atoms with Crippen LogP contribution in [0.4, 0.5) is 8.78 Å². The molecule has 5 rings (SSSR count). The molecular weight excluding hydrogens is 430 g/mol. The van der Waals surface area contributed by atoms with E-state index in [0.29, 0.717) is 5.78 Å². The second-order valence-corrected chi connectivity index (χ2v) is 7.12. The Labute approximate surface area is 186 Å². The first-order chi connectivity index (χ1) is 16.1. The Morgan fingerprint density at radius 1 is 0.939 bits per heavy atom. The molecule has 0 aliphatic heterocycles. The zero-order valence-corrected chi connectivity index (χ0v) is 17.3. The molecule has 0 radical (unpaired) electrons. The van der Waals surface area contributed by atoms with Crippen LogP contribution in [0.5, 0.6) is 17.4 Å².